The van der Waals surface area contributed by atoms with E-state index in [2.05, 4.69) is 39.8 Å². The predicted octanol–water partition coefficient (Wildman–Crippen LogP) is 1.05. The van der Waals surface area contributed by atoms with Crippen LogP contribution < -0.4 is 5.32 Å². The summed E-state index contributed by atoms with van der Waals surface area (Å²) in [6.07, 6.45) is 1.02. The third kappa shape index (κ3) is 2.86. The zero-order valence-corrected chi connectivity index (χ0v) is 15.4. The number of carbonyl (C=O) groups is 2. The van der Waals surface area contributed by atoms with Crippen molar-refractivity contribution in [3.63, 3.8) is 0 Å². The number of rotatable bonds is 5. The lowest BCUT2D eigenvalue weighted by Gasteiger charge is -2.44. The predicted molar refractivity (Wildman–Crippen MR) is 95.9 cm³/mol. The Morgan fingerprint density at radius 2 is 2.12 bits per heavy atom. The first kappa shape index (κ1) is 17.0. The SMILES string of the molecule is CC1(C)S[C@@H]2C(NC(=O)CCc3ccccc3)C(=O)N2C1c1nn[nH]n1. The zero-order valence-electron chi connectivity index (χ0n) is 14.5. The lowest BCUT2D eigenvalue weighted by atomic mass is 9.95. The molecule has 2 amide bonds. The van der Waals surface area contributed by atoms with Crippen LogP contribution in [0.4, 0.5) is 0 Å². The lowest BCUT2D eigenvalue weighted by Crippen LogP contribution is -2.67. The van der Waals surface area contributed by atoms with Crippen LogP contribution in [0, 0.1) is 0 Å². The number of aromatic nitrogens is 4. The fourth-order valence-corrected chi connectivity index (χ4v) is 5.23. The van der Waals surface area contributed by atoms with Gasteiger partial charge < -0.3 is 10.2 Å². The van der Waals surface area contributed by atoms with Gasteiger partial charge in [-0.05, 0) is 25.8 Å². The molecule has 2 fully saturated rings. The number of nitrogens with zero attached hydrogens (tertiary/aromatic N) is 4. The summed E-state index contributed by atoms with van der Waals surface area (Å²) in [5.41, 5.74) is 1.11. The Morgan fingerprint density at radius 1 is 1.35 bits per heavy atom. The van der Waals surface area contributed by atoms with E-state index in [1.165, 1.54) is 0 Å². The zero-order chi connectivity index (χ0) is 18.3. The average Bonchev–Trinajstić information content (AvgIpc) is 3.23. The second-order valence-electron chi connectivity index (χ2n) is 7.06. The summed E-state index contributed by atoms with van der Waals surface area (Å²) in [7, 11) is 0. The molecule has 2 saturated heterocycles. The maximum absolute atomic E-state index is 12.7. The van der Waals surface area contributed by atoms with Crippen molar-refractivity contribution in [1.82, 2.24) is 30.8 Å². The summed E-state index contributed by atoms with van der Waals surface area (Å²) in [6.45, 7) is 4.11. The van der Waals surface area contributed by atoms with Gasteiger partial charge in [-0.1, -0.05) is 35.5 Å². The number of β-lactam (4-membered cyclic amide) rings is 1. The minimum absolute atomic E-state index is 0.0871. The quantitative estimate of drug-likeness (QED) is 0.761. The van der Waals surface area contributed by atoms with E-state index in [0.717, 1.165) is 5.56 Å². The number of nitrogens with one attached hydrogen (secondary N) is 2. The first-order valence-electron chi connectivity index (χ1n) is 8.54. The normalized spacial score (nSPS) is 26.3. The van der Waals surface area contributed by atoms with Gasteiger partial charge in [-0.3, -0.25) is 9.59 Å². The summed E-state index contributed by atoms with van der Waals surface area (Å²) >= 11 is 1.66. The van der Waals surface area contributed by atoms with Crippen LogP contribution in [0.1, 0.15) is 37.7 Å². The largest absolute Gasteiger partial charge is 0.342 e. The lowest BCUT2D eigenvalue weighted by molar-refractivity contribution is -0.151. The Hall–Kier alpha value is -2.42. The van der Waals surface area contributed by atoms with Crippen molar-refractivity contribution in [2.75, 3.05) is 0 Å². The van der Waals surface area contributed by atoms with Crippen LogP contribution in [0.15, 0.2) is 30.3 Å². The van der Waals surface area contributed by atoms with Crippen LogP contribution in [-0.4, -0.2) is 53.5 Å². The molecule has 136 valence electrons. The van der Waals surface area contributed by atoms with E-state index in [1.54, 1.807) is 16.7 Å². The van der Waals surface area contributed by atoms with Gasteiger partial charge in [0, 0.05) is 11.2 Å². The molecule has 26 heavy (non-hydrogen) atoms. The second kappa shape index (κ2) is 6.39. The molecule has 3 heterocycles. The summed E-state index contributed by atoms with van der Waals surface area (Å²) in [4.78, 5) is 26.7. The molecule has 0 aliphatic carbocycles. The standard InChI is InChI=1S/C17H20N6O2S/c1-17(2)13(14-19-21-22-20-14)23-15(25)12(16(23)26-17)18-11(24)9-8-10-6-4-3-5-7-10/h3-7,12-13,16H,8-9H2,1-2H3,(H,18,24)(H,19,20,21,22)/t12?,13?,16-/m1/s1. The minimum Gasteiger partial charge on any atom is -0.342 e. The number of H-pyrrole nitrogens is 1. The molecule has 3 atom stereocenters. The van der Waals surface area contributed by atoms with E-state index in [0.29, 0.717) is 18.7 Å². The molecule has 4 rings (SSSR count). The van der Waals surface area contributed by atoms with Crippen LogP contribution in [0.3, 0.4) is 0 Å². The van der Waals surface area contributed by atoms with Crippen LogP contribution in [0.2, 0.25) is 0 Å². The van der Waals surface area contributed by atoms with Crippen molar-refractivity contribution in [2.24, 2.45) is 0 Å². The number of hydrogen-bond acceptors (Lipinski definition) is 6. The molecule has 0 saturated carbocycles. The Bertz CT molecular complexity index is 810. The van der Waals surface area contributed by atoms with Crippen molar-refractivity contribution < 1.29 is 9.59 Å². The molecule has 2 unspecified atom stereocenters. The highest BCUT2D eigenvalue weighted by molar-refractivity contribution is 8.01. The number of amides is 2. The van der Waals surface area contributed by atoms with Gasteiger partial charge in [0.05, 0.1) is 0 Å². The van der Waals surface area contributed by atoms with Crippen molar-refractivity contribution in [3.05, 3.63) is 41.7 Å². The minimum atomic E-state index is -0.487. The van der Waals surface area contributed by atoms with Gasteiger partial charge >= 0.3 is 0 Å². The molecular formula is C17H20N6O2S. The fourth-order valence-electron chi connectivity index (χ4n) is 3.60. The van der Waals surface area contributed by atoms with Crippen molar-refractivity contribution in [3.8, 4) is 0 Å². The highest BCUT2D eigenvalue weighted by atomic mass is 32.2. The molecule has 8 nitrogen and oxygen atoms in total. The Balaban J connectivity index is 1.40. The first-order chi connectivity index (χ1) is 12.5. The van der Waals surface area contributed by atoms with E-state index in [9.17, 15) is 9.59 Å². The van der Waals surface area contributed by atoms with Gasteiger partial charge in [-0.25, -0.2) is 0 Å². The highest BCUT2D eigenvalue weighted by Gasteiger charge is 2.63. The number of carbonyl (C=O) groups excluding carboxylic acids is 2. The molecule has 0 radical (unpaired) electrons. The average molecular weight is 372 g/mol. The molecule has 0 bridgehead atoms. The van der Waals surface area contributed by atoms with E-state index >= 15 is 0 Å². The molecule has 9 heteroatoms. The molecular weight excluding hydrogens is 352 g/mol. The Morgan fingerprint density at radius 3 is 2.81 bits per heavy atom. The van der Waals surface area contributed by atoms with E-state index in [-0.39, 0.29) is 28.0 Å². The fraction of sp³-hybridized carbons (Fsp3) is 0.471. The molecule has 2 aliphatic heterocycles. The topological polar surface area (TPSA) is 104 Å². The summed E-state index contributed by atoms with van der Waals surface area (Å²) in [5.74, 6) is 0.316. The molecule has 1 aromatic carbocycles. The number of fused-ring (bicyclic) bond motifs is 1. The monoisotopic (exact) mass is 372 g/mol. The maximum atomic E-state index is 12.7. The van der Waals surface area contributed by atoms with Gasteiger partial charge in [0.1, 0.15) is 17.5 Å². The van der Waals surface area contributed by atoms with Gasteiger partial charge in [-0.2, -0.15) is 5.21 Å². The molecule has 2 N–H and O–H groups in total. The summed E-state index contributed by atoms with van der Waals surface area (Å²) in [5, 5.41) is 17.0. The van der Waals surface area contributed by atoms with Gasteiger partial charge in [0.2, 0.25) is 11.8 Å². The van der Waals surface area contributed by atoms with E-state index in [1.807, 2.05) is 30.3 Å². The van der Waals surface area contributed by atoms with Gasteiger partial charge in [0.15, 0.2) is 5.82 Å². The number of aromatic amines is 1. The van der Waals surface area contributed by atoms with E-state index < -0.39 is 6.04 Å². The smallest absolute Gasteiger partial charge is 0.249 e. The number of thioether (sulfide) groups is 1. The molecule has 2 aliphatic rings. The second-order valence-corrected chi connectivity index (χ2v) is 8.83. The number of aryl methyl sites for hydroxylation is 1. The first-order valence-corrected chi connectivity index (χ1v) is 9.42. The maximum Gasteiger partial charge on any atom is 0.249 e. The van der Waals surface area contributed by atoms with Crippen LogP contribution in [0.5, 0.6) is 0 Å². The summed E-state index contributed by atoms with van der Waals surface area (Å²) < 4.78 is -0.256. The Kier molecular flexibility index (Phi) is 4.18. The highest BCUT2D eigenvalue weighted by Crippen LogP contribution is 2.56. The van der Waals surface area contributed by atoms with Crippen LogP contribution >= 0.6 is 11.8 Å². The molecule has 1 aromatic heterocycles. The van der Waals surface area contributed by atoms with E-state index in [4.69, 9.17) is 0 Å². The molecule has 2 aromatic rings. The van der Waals surface area contributed by atoms with Crippen LogP contribution in [0.25, 0.3) is 0 Å². The van der Waals surface area contributed by atoms with Crippen molar-refractivity contribution in [2.45, 2.75) is 48.9 Å². The number of benzene rings is 1. The third-order valence-corrected chi connectivity index (χ3v) is 6.42. The van der Waals surface area contributed by atoms with Crippen molar-refractivity contribution >= 4 is 23.6 Å². The summed E-state index contributed by atoms with van der Waals surface area (Å²) in [6, 6.07) is 9.11. The van der Waals surface area contributed by atoms with Gasteiger partial charge in [-0.15, -0.1) is 22.0 Å². The van der Waals surface area contributed by atoms with Crippen molar-refractivity contribution in [1.29, 1.82) is 0 Å². The van der Waals surface area contributed by atoms with Crippen LogP contribution in [-0.2, 0) is 16.0 Å². The molecule has 0 spiro atoms. The Labute approximate surface area is 155 Å². The number of hydrogen-bond donors (Lipinski definition) is 2. The number of tetrazole rings is 1. The third-order valence-electron chi connectivity index (χ3n) is 4.85. The van der Waals surface area contributed by atoms with Gasteiger partial charge in [0.25, 0.3) is 0 Å².